The van der Waals surface area contributed by atoms with Gasteiger partial charge in [0.1, 0.15) is 6.35 Å². The molecule has 3 rings (SSSR count). The topological polar surface area (TPSA) is 124 Å². The van der Waals surface area contributed by atoms with Crippen molar-refractivity contribution in [2.24, 2.45) is 0 Å². The van der Waals surface area contributed by atoms with Crippen LogP contribution >= 0.6 is 7.60 Å². The molecule has 0 unspecified atom stereocenters. The summed E-state index contributed by atoms with van der Waals surface area (Å²) in [4.78, 5) is 12.0. The van der Waals surface area contributed by atoms with E-state index in [0.29, 0.717) is 12.8 Å². The molecule has 10 nitrogen and oxygen atoms in total. The Hall–Kier alpha value is -2.16. The Balaban J connectivity index is 1.72. The number of rotatable bonds is 10. The van der Waals surface area contributed by atoms with Gasteiger partial charge in [-0.15, -0.1) is 0 Å². The first-order valence-electron chi connectivity index (χ1n) is 8.91. The van der Waals surface area contributed by atoms with Crippen LogP contribution in [0.25, 0.3) is 11.2 Å². The molecule has 1 saturated carbocycles. The van der Waals surface area contributed by atoms with E-state index in [-0.39, 0.29) is 29.5 Å². The molecule has 32 heavy (non-hydrogen) atoms. The molecule has 0 atom stereocenters. The van der Waals surface area contributed by atoms with Crippen molar-refractivity contribution in [3.8, 4) is 5.88 Å². The van der Waals surface area contributed by atoms with E-state index in [1.165, 1.54) is 18.0 Å². The largest absolute Gasteiger partial charge is 0.479 e. The third-order valence-electron chi connectivity index (χ3n) is 4.29. The smallest absolute Gasteiger partial charge is 0.412 e. The quantitative estimate of drug-likeness (QED) is 0.392. The number of hydrogen-bond acceptors (Lipinski definition) is 9. The first kappa shape index (κ1) is 24.5. The van der Waals surface area contributed by atoms with Gasteiger partial charge in [-0.25, -0.2) is 4.98 Å². The van der Waals surface area contributed by atoms with E-state index >= 15 is 0 Å². The number of hydrogen-bond donors (Lipinski definition) is 1. The lowest BCUT2D eigenvalue weighted by Crippen LogP contribution is -2.25. The Morgan fingerprint density at radius 3 is 2.22 bits per heavy atom. The van der Waals surface area contributed by atoms with Gasteiger partial charge in [0.2, 0.25) is 11.8 Å². The summed E-state index contributed by atoms with van der Waals surface area (Å²) in [6.45, 7) is -4.07. The molecule has 0 aromatic carbocycles. The summed E-state index contributed by atoms with van der Waals surface area (Å²) in [5.74, 6) is 0.00934. The predicted molar refractivity (Wildman–Crippen MR) is 95.8 cm³/mol. The molecule has 0 radical (unpaired) electrons. The molecule has 0 spiro atoms. The van der Waals surface area contributed by atoms with E-state index in [9.17, 15) is 30.9 Å². The minimum atomic E-state index is -4.93. The molecule has 2 heterocycles. The molecule has 180 valence electrons. The van der Waals surface area contributed by atoms with Crippen LogP contribution in [0.1, 0.15) is 12.8 Å². The van der Waals surface area contributed by atoms with Crippen molar-refractivity contribution < 1.29 is 49.4 Å². The second-order valence-corrected chi connectivity index (χ2v) is 8.98. The number of fused-ring (bicyclic) bond motifs is 1. The summed E-state index contributed by atoms with van der Waals surface area (Å²) in [6, 6.07) is 0. The Bertz CT molecular complexity index is 987. The number of imidazole rings is 1. The molecule has 0 aliphatic heterocycles. The molecule has 2 aromatic rings. The van der Waals surface area contributed by atoms with Gasteiger partial charge in [0.05, 0.1) is 25.6 Å². The molecule has 2 N–H and O–H groups in total. The number of nitrogen functional groups attached to an aromatic ring is 1. The van der Waals surface area contributed by atoms with Crippen molar-refractivity contribution in [1.82, 2.24) is 19.5 Å². The maximum Gasteiger partial charge on any atom is 0.412 e. The maximum absolute atomic E-state index is 12.5. The Morgan fingerprint density at radius 2 is 1.72 bits per heavy atom. The van der Waals surface area contributed by atoms with Crippen LogP contribution in [0.4, 0.5) is 32.3 Å². The van der Waals surface area contributed by atoms with Crippen LogP contribution in [0.15, 0.2) is 6.33 Å². The third kappa shape index (κ3) is 6.43. The number of aromatic nitrogens is 4. The number of nitrogens with zero attached hydrogens (tertiary/aromatic N) is 4. The fraction of sp³-hybridized carbons (Fsp3) is 0.667. The summed E-state index contributed by atoms with van der Waals surface area (Å²) >= 11 is 0. The average molecular weight is 493 g/mol. The Kier molecular flexibility index (Phi) is 6.62. The maximum atomic E-state index is 12.5. The SMILES string of the molecule is COc1nc(N)nc2c1ncn2CC1(OCP(=O)(OCC(F)(F)F)OCC(F)(F)F)CC1. The summed E-state index contributed by atoms with van der Waals surface area (Å²) in [7, 11) is -3.53. The summed E-state index contributed by atoms with van der Waals surface area (Å²) in [6.07, 6.45) is -8.84. The molecule has 0 amide bonds. The van der Waals surface area contributed by atoms with Crippen molar-refractivity contribution in [3.63, 3.8) is 0 Å². The molecule has 1 fully saturated rings. The minimum Gasteiger partial charge on any atom is -0.479 e. The zero-order chi connectivity index (χ0) is 23.8. The lowest BCUT2D eigenvalue weighted by atomic mass is 10.3. The van der Waals surface area contributed by atoms with Gasteiger partial charge in [0.25, 0.3) is 0 Å². The van der Waals surface area contributed by atoms with Crippen molar-refractivity contribution in [2.45, 2.75) is 37.3 Å². The fourth-order valence-corrected chi connectivity index (χ4v) is 4.00. The van der Waals surface area contributed by atoms with Gasteiger partial charge < -0.3 is 19.8 Å². The van der Waals surface area contributed by atoms with E-state index in [2.05, 4.69) is 24.0 Å². The van der Waals surface area contributed by atoms with Gasteiger partial charge in [-0.05, 0) is 12.8 Å². The van der Waals surface area contributed by atoms with E-state index in [4.69, 9.17) is 15.2 Å². The molecular weight excluding hydrogens is 475 g/mol. The number of nitrogens with two attached hydrogens (primary N) is 1. The second kappa shape index (κ2) is 8.65. The van der Waals surface area contributed by atoms with Crippen LogP contribution in [0.2, 0.25) is 0 Å². The zero-order valence-electron chi connectivity index (χ0n) is 16.4. The van der Waals surface area contributed by atoms with Crippen LogP contribution in [0.3, 0.4) is 0 Å². The predicted octanol–water partition coefficient (Wildman–Crippen LogP) is 3.27. The van der Waals surface area contributed by atoms with Crippen LogP contribution < -0.4 is 10.5 Å². The van der Waals surface area contributed by atoms with Crippen LogP contribution in [0, 0.1) is 0 Å². The van der Waals surface area contributed by atoms with Gasteiger partial charge in [-0.1, -0.05) is 0 Å². The molecule has 1 aliphatic rings. The van der Waals surface area contributed by atoms with Crippen LogP contribution in [-0.2, 0) is 24.9 Å². The number of halogens is 6. The van der Waals surface area contributed by atoms with Gasteiger partial charge in [-0.2, -0.15) is 36.3 Å². The molecule has 0 saturated heterocycles. The Labute approximate surface area is 176 Å². The second-order valence-electron chi connectivity index (χ2n) is 6.98. The zero-order valence-corrected chi connectivity index (χ0v) is 17.3. The molecule has 0 bridgehead atoms. The third-order valence-corrected chi connectivity index (χ3v) is 5.78. The number of methoxy groups -OCH3 is 1. The van der Waals surface area contributed by atoms with Crippen LogP contribution in [0.5, 0.6) is 5.88 Å². The summed E-state index contributed by atoms with van der Waals surface area (Å²) in [5.41, 5.74) is 5.14. The molecule has 2 aromatic heterocycles. The first-order valence-corrected chi connectivity index (χ1v) is 10.6. The lowest BCUT2D eigenvalue weighted by molar-refractivity contribution is -0.166. The van der Waals surface area contributed by atoms with Crippen LogP contribution in [-0.4, -0.2) is 64.1 Å². The number of ether oxygens (including phenoxy) is 2. The van der Waals surface area contributed by atoms with E-state index in [1.807, 2.05) is 0 Å². The van der Waals surface area contributed by atoms with E-state index in [1.54, 1.807) is 0 Å². The highest BCUT2D eigenvalue weighted by atomic mass is 31.2. The van der Waals surface area contributed by atoms with Crippen molar-refractivity contribution in [3.05, 3.63) is 6.33 Å². The highest BCUT2D eigenvalue weighted by Crippen LogP contribution is 2.53. The highest BCUT2D eigenvalue weighted by Gasteiger charge is 2.48. The van der Waals surface area contributed by atoms with Crippen molar-refractivity contribution >= 4 is 24.7 Å². The average Bonchev–Trinajstić information content (AvgIpc) is 3.35. The minimum absolute atomic E-state index is 0.0433. The van der Waals surface area contributed by atoms with E-state index in [0.717, 1.165) is 0 Å². The number of alkyl halides is 6. The standard InChI is InChI=1S/C15H18F6N5O5P/c1-28-11-9-10(24-12(22)25-11)26(7-23-9)4-13(2-3-13)29-8-32(27,30-5-14(16,17)18)31-6-15(19,20)21/h7H,2-6,8H2,1H3,(H2,22,24,25). The number of anilines is 1. The molecule has 1 aliphatic carbocycles. The molecular formula is C15H18F6N5O5P. The van der Waals surface area contributed by atoms with E-state index < -0.39 is 45.1 Å². The lowest BCUT2D eigenvalue weighted by Gasteiger charge is -2.23. The van der Waals surface area contributed by atoms with Gasteiger partial charge in [-0.3, -0.25) is 13.6 Å². The first-order chi connectivity index (χ1) is 14.7. The monoisotopic (exact) mass is 493 g/mol. The summed E-state index contributed by atoms with van der Waals surface area (Å²) < 4.78 is 107. The van der Waals surface area contributed by atoms with Gasteiger partial charge in [0, 0.05) is 0 Å². The summed E-state index contributed by atoms with van der Waals surface area (Å²) in [5, 5.41) is 0. The van der Waals surface area contributed by atoms with Crippen molar-refractivity contribution in [2.75, 3.05) is 32.4 Å². The van der Waals surface area contributed by atoms with Crippen molar-refractivity contribution in [1.29, 1.82) is 0 Å². The van der Waals surface area contributed by atoms with Gasteiger partial charge >= 0.3 is 19.9 Å². The normalized spacial score (nSPS) is 16.5. The Morgan fingerprint density at radius 1 is 1.12 bits per heavy atom. The molecule has 17 heteroatoms. The fourth-order valence-electron chi connectivity index (χ4n) is 2.66. The van der Waals surface area contributed by atoms with Gasteiger partial charge in [0.15, 0.2) is 24.4 Å². The highest BCUT2D eigenvalue weighted by molar-refractivity contribution is 7.53.